The normalized spacial score (nSPS) is 20.6. The molecule has 0 unspecified atom stereocenters. The van der Waals surface area contributed by atoms with Crippen molar-refractivity contribution in [1.29, 1.82) is 0 Å². The Hall–Kier alpha value is -1.00. The van der Waals surface area contributed by atoms with E-state index in [2.05, 4.69) is 28.6 Å². The van der Waals surface area contributed by atoms with E-state index < -0.39 is 10.2 Å². The van der Waals surface area contributed by atoms with Crippen LogP contribution in [0.3, 0.4) is 0 Å². The zero-order valence-corrected chi connectivity index (χ0v) is 16.0. The molecule has 0 aromatic carbocycles. The molecule has 1 N–H and O–H groups in total. The van der Waals surface area contributed by atoms with Crippen molar-refractivity contribution in [2.45, 2.75) is 39.9 Å². The second kappa shape index (κ2) is 8.13. The summed E-state index contributed by atoms with van der Waals surface area (Å²) in [5.41, 5.74) is 1.94. The van der Waals surface area contributed by atoms with Gasteiger partial charge in [0.1, 0.15) is 0 Å². The van der Waals surface area contributed by atoms with Crippen LogP contribution < -0.4 is 4.72 Å². The number of rotatable bonds is 6. The predicted octanol–water partition coefficient (Wildman–Crippen LogP) is 0.411. The fourth-order valence-electron chi connectivity index (χ4n) is 3.39. The molecule has 2 aliphatic rings. The van der Waals surface area contributed by atoms with E-state index in [0.717, 1.165) is 38.3 Å². The highest BCUT2D eigenvalue weighted by atomic mass is 32.2. The van der Waals surface area contributed by atoms with Crippen molar-refractivity contribution in [3.8, 4) is 0 Å². The van der Waals surface area contributed by atoms with E-state index in [4.69, 9.17) is 4.74 Å². The molecule has 0 spiro atoms. The number of nitrogens with one attached hydrogen (secondary N) is 1. The van der Waals surface area contributed by atoms with Gasteiger partial charge in [-0.1, -0.05) is 13.8 Å². The number of aryl methyl sites for hydroxylation is 1. The fourth-order valence-corrected chi connectivity index (χ4v) is 4.53. The Morgan fingerprint density at radius 2 is 2.00 bits per heavy atom. The number of aromatic nitrogens is 2. The summed E-state index contributed by atoms with van der Waals surface area (Å²) in [6, 6.07) is 2.03. The molecule has 0 saturated carbocycles. The molecule has 0 atom stereocenters. The number of nitrogens with zero attached hydrogens (tertiary/aromatic N) is 4. The van der Waals surface area contributed by atoms with Gasteiger partial charge in [0.2, 0.25) is 0 Å². The summed E-state index contributed by atoms with van der Waals surface area (Å²) < 4.78 is 36.0. The number of hydrogen-bond acceptors (Lipinski definition) is 5. The Balaban J connectivity index is 1.61. The van der Waals surface area contributed by atoms with Crippen LogP contribution in [0.4, 0.5) is 0 Å². The average molecular weight is 372 g/mol. The monoisotopic (exact) mass is 371 g/mol. The number of hydrogen-bond donors (Lipinski definition) is 1. The Morgan fingerprint density at radius 1 is 1.24 bits per heavy atom. The van der Waals surface area contributed by atoms with Crippen molar-refractivity contribution in [1.82, 2.24) is 23.7 Å². The van der Waals surface area contributed by atoms with Crippen molar-refractivity contribution in [3.63, 3.8) is 0 Å². The molecule has 0 radical (unpaired) electrons. The van der Waals surface area contributed by atoms with Gasteiger partial charge in [0.15, 0.2) is 0 Å². The molecule has 8 nitrogen and oxygen atoms in total. The van der Waals surface area contributed by atoms with E-state index in [1.54, 1.807) is 0 Å². The molecule has 2 aliphatic heterocycles. The van der Waals surface area contributed by atoms with Crippen molar-refractivity contribution in [2.24, 2.45) is 5.92 Å². The van der Waals surface area contributed by atoms with Gasteiger partial charge in [0.05, 0.1) is 31.1 Å². The van der Waals surface area contributed by atoms with Gasteiger partial charge in [-0.05, 0) is 18.4 Å². The Bertz CT molecular complexity index is 667. The Labute approximate surface area is 150 Å². The molecular formula is C16H29N5O3S. The zero-order valence-electron chi connectivity index (χ0n) is 15.1. The third-order valence-corrected chi connectivity index (χ3v) is 6.07. The summed E-state index contributed by atoms with van der Waals surface area (Å²) >= 11 is 0. The van der Waals surface area contributed by atoms with Crippen LogP contribution in [-0.2, 0) is 34.6 Å². The molecule has 9 heteroatoms. The van der Waals surface area contributed by atoms with Crippen molar-refractivity contribution < 1.29 is 13.2 Å². The van der Waals surface area contributed by atoms with Crippen LogP contribution in [0.15, 0.2) is 6.07 Å². The van der Waals surface area contributed by atoms with Gasteiger partial charge in [-0.15, -0.1) is 0 Å². The third kappa shape index (κ3) is 5.01. The Kier molecular flexibility index (Phi) is 6.11. The lowest BCUT2D eigenvalue weighted by atomic mass is 10.2. The van der Waals surface area contributed by atoms with Gasteiger partial charge in [-0.2, -0.15) is 22.5 Å². The van der Waals surface area contributed by atoms with E-state index in [1.807, 2.05) is 10.7 Å². The van der Waals surface area contributed by atoms with Crippen LogP contribution in [0.25, 0.3) is 0 Å². The van der Waals surface area contributed by atoms with Crippen LogP contribution in [0.5, 0.6) is 0 Å². The predicted molar refractivity (Wildman–Crippen MR) is 95.1 cm³/mol. The van der Waals surface area contributed by atoms with Gasteiger partial charge in [-0.3, -0.25) is 9.58 Å². The topological polar surface area (TPSA) is 79.7 Å². The largest absolute Gasteiger partial charge is 0.379 e. The fraction of sp³-hybridized carbons (Fsp3) is 0.812. The van der Waals surface area contributed by atoms with Gasteiger partial charge in [0, 0.05) is 39.3 Å². The number of fused-ring (bicyclic) bond motifs is 1. The summed E-state index contributed by atoms with van der Waals surface area (Å²) in [6.07, 6.45) is 1.07. The minimum atomic E-state index is -3.47. The maximum atomic E-state index is 12.3. The molecule has 1 saturated heterocycles. The lowest BCUT2D eigenvalue weighted by molar-refractivity contribution is 0.0724. The highest BCUT2D eigenvalue weighted by Crippen LogP contribution is 2.15. The molecule has 1 aromatic heterocycles. The van der Waals surface area contributed by atoms with Crippen LogP contribution in [0.1, 0.15) is 31.7 Å². The third-order valence-electron chi connectivity index (χ3n) is 4.51. The number of ether oxygens (including phenoxy) is 1. The van der Waals surface area contributed by atoms with Gasteiger partial charge < -0.3 is 4.74 Å². The summed E-state index contributed by atoms with van der Waals surface area (Å²) in [6.45, 7) is 10.3. The summed E-state index contributed by atoms with van der Waals surface area (Å²) in [5.74, 6) is 0.634. The lowest BCUT2D eigenvalue weighted by Gasteiger charge is -2.25. The smallest absolute Gasteiger partial charge is 0.279 e. The molecule has 3 rings (SSSR count). The van der Waals surface area contributed by atoms with Crippen LogP contribution in [0, 0.1) is 5.92 Å². The van der Waals surface area contributed by atoms with E-state index >= 15 is 0 Å². The SMILES string of the molecule is CC(C)CN1CCCn2nc(CNS(=O)(=O)N3CCOCC3)cc2C1. The second-order valence-corrected chi connectivity index (χ2v) is 8.93. The van der Waals surface area contributed by atoms with Crippen molar-refractivity contribution in [3.05, 3.63) is 17.5 Å². The summed E-state index contributed by atoms with van der Waals surface area (Å²) in [4.78, 5) is 2.45. The molecular weight excluding hydrogens is 342 g/mol. The average Bonchev–Trinajstić information content (AvgIpc) is 2.86. The zero-order chi connectivity index (χ0) is 17.9. The summed E-state index contributed by atoms with van der Waals surface area (Å²) in [7, 11) is -3.47. The molecule has 3 heterocycles. The first-order valence-electron chi connectivity index (χ1n) is 9.04. The molecule has 1 aromatic rings. The molecule has 25 heavy (non-hydrogen) atoms. The molecule has 142 valence electrons. The van der Waals surface area contributed by atoms with Gasteiger partial charge in [-0.25, -0.2) is 0 Å². The van der Waals surface area contributed by atoms with Gasteiger partial charge in [0.25, 0.3) is 10.2 Å². The van der Waals surface area contributed by atoms with E-state index in [-0.39, 0.29) is 6.54 Å². The van der Waals surface area contributed by atoms with Crippen LogP contribution in [0.2, 0.25) is 0 Å². The maximum Gasteiger partial charge on any atom is 0.279 e. The summed E-state index contributed by atoms with van der Waals surface area (Å²) in [5, 5.41) is 4.59. The molecule has 0 amide bonds. The quantitative estimate of drug-likeness (QED) is 0.784. The number of morpholine rings is 1. The lowest BCUT2D eigenvalue weighted by Crippen LogP contribution is -2.46. The first-order valence-corrected chi connectivity index (χ1v) is 10.5. The van der Waals surface area contributed by atoms with Crippen LogP contribution >= 0.6 is 0 Å². The van der Waals surface area contributed by atoms with Crippen molar-refractivity contribution >= 4 is 10.2 Å². The Morgan fingerprint density at radius 3 is 2.72 bits per heavy atom. The maximum absolute atomic E-state index is 12.3. The highest BCUT2D eigenvalue weighted by molar-refractivity contribution is 7.87. The minimum Gasteiger partial charge on any atom is -0.379 e. The molecule has 0 aliphatic carbocycles. The second-order valence-electron chi connectivity index (χ2n) is 7.17. The molecule has 0 bridgehead atoms. The first kappa shape index (κ1) is 18.8. The van der Waals surface area contributed by atoms with E-state index in [0.29, 0.717) is 32.2 Å². The minimum absolute atomic E-state index is 0.226. The standard InChI is InChI=1S/C16H29N5O3S/c1-14(2)12-19-4-3-5-21-16(13-19)10-15(18-21)11-17-25(22,23)20-6-8-24-9-7-20/h10,14,17H,3-9,11-13H2,1-2H3. The van der Waals surface area contributed by atoms with Crippen LogP contribution in [-0.4, -0.2) is 66.8 Å². The first-order chi connectivity index (χ1) is 11.9. The van der Waals surface area contributed by atoms with E-state index in [1.165, 1.54) is 10.00 Å². The van der Waals surface area contributed by atoms with Crippen molar-refractivity contribution in [2.75, 3.05) is 39.4 Å². The van der Waals surface area contributed by atoms with Gasteiger partial charge >= 0.3 is 0 Å². The van der Waals surface area contributed by atoms with E-state index in [9.17, 15) is 8.42 Å². The molecule has 1 fully saturated rings. The highest BCUT2D eigenvalue weighted by Gasteiger charge is 2.24.